The van der Waals surface area contributed by atoms with Crippen molar-refractivity contribution in [3.8, 4) is 0 Å². The zero-order valence-electron chi connectivity index (χ0n) is 12.6. The van der Waals surface area contributed by atoms with Crippen molar-refractivity contribution in [3.05, 3.63) is 66.4 Å². The molecule has 4 nitrogen and oxygen atoms in total. The molecule has 0 spiro atoms. The van der Waals surface area contributed by atoms with Crippen molar-refractivity contribution >= 4 is 18.1 Å². The first-order valence-electron chi connectivity index (χ1n) is 7.64. The summed E-state index contributed by atoms with van der Waals surface area (Å²) in [5, 5.41) is 6.63. The number of anilines is 1. The summed E-state index contributed by atoms with van der Waals surface area (Å²) in [5.41, 5.74) is 1.19. The molecular formula is C18H21N4+. The second-order valence-corrected chi connectivity index (χ2v) is 5.22. The molecule has 0 radical (unpaired) electrons. The Morgan fingerprint density at radius 1 is 0.909 bits per heavy atom. The van der Waals surface area contributed by atoms with E-state index >= 15 is 0 Å². The molecule has 1 fully saturated rings. The van der Waals surface area contributed by atoms with Crippen LogP contribution >= 0.6 is 0 Å². The second kappa shape index (κ2) is 7.41. The monoisotopic (exact) mass is 293 g/mol. The molecule has 1 aromatic carbocycles. The lowest BCUT2D eigenvalue weighted by molar-refractivity contribution is -0.364. The fourth-order valence-electron chi connectivity index (χ4n) is 2.48. The van der Waals surface area contributed by atoms with Crippen molar-refractivity contribution in [2.45, 2.75) is 0 Å². The molecule has 1 aliphatic heterocycles. The van der Waals surface area contributed by atoms with Gasteiger partial charge in [-0.05, 0) is 17.7 Å². The van der Waals surface area contributed by atoms with Crippen LogP contribution in [0.4, 0.5) is 5.82 Å². The molecule has 2 heterocycles. The zero-order valence-corrected chi connectivity index (χ0v) is 12.6. The SMILES string of the molecule is C(=Cc1ccccc1)C=NN1CCN(c2cccc[nH+]2)CC1. The Kier molecular flexibility index (Phi) is 4.82. The second-order valence-electron chi connectivity index (χ2n) is 5.22. The summed E-state index contributed by atoms with van der Waals surface area (Å²) in [6, 6.07) is 16.4. The van der Waals surface area contributed by atoms with E-state index < -0.39 is 0 Å². The zero-order chi connectivity index (χ0) is 15.0. The molecule has 1 saturated heterocycles. The third-order valence-electron chi connectivity index (χ3n) is 3.69. The molecular weight excluding hydrogens is 272 g/mol. The normalized spacial score (nSPS) is 15.8. The molecule has 0 saturated carbocycles. The van der Waals surface area contributed by atoms with E-state index in [1.54, 1.807) is 0 Å². The highest BCUT2D eigenvalue weighted by Gasteiger charge is 2.21. The van der Waals surface area contributed by atoms with Gasteiger partial charge in [-0.3, -0.25) is 9.91 Å². The van der Waals surface area contributed by atoms with Gasteiger partial charge in [-0.1, -0.05) is 42.5 Å². The number of nitrogens with one attached hydrogen (secondary N) is 1. The first-order chi connectivity index (χ1) is 10.9. The summed E-state index contributed by atoms with van der Waals surface area (Å²) in [6.45, 7) is 3.86. The quantitative estimate of drug-likeness (QED) is 0.811. The van der Waals surface area contributed by atoms with E-state index in [-0.39, 0.29) is 0 Å². The Hall–Kier alpha value is -2.62. The third kappa shape index (κ3) is 3.95. The lowest BCUT2D eigenvalue weighted by Crippen LogP contribution is -2.45. The van der Waals surface area contributed by atoms with E-state index in [2.05, 4.69) is 50.3 Å². The maximum Gasteiger partial charge on any atom is 0.274 e. The van der Waals surface area contributed by atoms with E-state index in [0.29, 0.717) is 0 Å². The van der Waals surface area contributed by atoms with Crippen molar-refractivity contribution in [1.82, 2.24) is 5.01 Å². The van der Waals surface area contributed by atoms with Gasteiger partial charge in [0.1, 0.15) is 13.1 Å². The number of aromatic nitrogens is 1. The first-order valence-corrected chi connectivity index (χ1v) is 7.64. The number of aromatic amines is 1. The number of hydrazone groups is 1. The Morgan fingerprint density at radius 2 is 1.68 bits per heavy atom. The predicted molar refractivity (Wildman–Crippen MR) is 90.8 cm³/mol. The fraction of sp³-hybridized carbons (Fsp3) is 0.222. The van der Waals surface area contributed by atoms with Gasteiger partial charge in [0.25, 0.3) is 5.82 Å². The number of pyridine rings is 1. The molecule has 0 atom stereocenters. The molecule has 0 unspecified atom stereocenters. The minimum Gasteiger partial charge on any atom is -0.289 e. The Balaban J connectivity index is 1.48. The minimum atomic E-state index is 0.943. The smallest absolute Gasteiger partial charge is 0.274 e. The van der Waals surface area contributed by atoms with E-state index in [1.807, 2.05) is 42.8 Å². The molecule has 1 aromatic heterocycles. The maximum absolute atomic E-state index is 4.51. The number of hydrogen-bond acceptors (Lipinski definition) is 3. The number of nitrogens with zero attached hydrogens (tertiary/aromatic N) is 3. The summed E-state index contributed by atoms with van der Waals surface area (Å²) < 4.78 is 0. The molecule has 3 rings (SSSR count). The number of benzene rings is 1. The Bertz CT molecular complexity index is 614. The Morgan fingerprint density at radius 3 is 2.41 bits per heavy atom. The van der Waals surface area contributed by atoms with Crippen molar-refractivity contribution in [2.24, 2.45) is 5.10 Å². The van der Waals surface area contributed by atoms with Crippen molar-refractivity contribution in [2.75, 3.05) is 31.1 Å². The number of hydrogen-bond donors (Lipinski definition) is 0. The van der Waals surface area contributed by atoms with Crippen LogP contribution < -0.4 is 9.88 Å². The molecule has 0 bridgehead atoms. The topological polar surface area (TPSA) is 33.0 Å². The van der Waals surface area contributed by atoms with E-state index in [0.717, 1.165) is 26.2 Å². The number of rotatable bonds is 4. The predicted octanol–water partition coefficient (Wildman–Crippen LogP) is 2.32. The van der Waals surface area contributed by atoms with Gasteiger partial charge in [0.15, 0.2) is 0 Å². The van der Waals surface area contributed by atoms with E-state index in [4.69, 9.17) is 0 Å². The van der Waals surface area contributed by atoms with Gasteiger partial charge in [0, 0.05) is 12.3 Å². The lowest BCUT2D eigenvalue weighted by atomic mass is 10.2. The van der Waals surface area contributed by atoms with Crippen LogP contribution in [0.3, 0.4) is 0 Å². The highest BCUT2D eigenvalue weighted by atomic mass is 15.5. The largest absolute Gasteiger partial charge is 0.289 e. The summed E-state index contributed by atoms with van der Waals surface area (Å²) in [4.78, 5) is 5.63. The van der Waals surface area contributed by atoms with Crippen LogP contribution in [0.15, 0.2) is 65.9 Å². The van der Waals surface area contributed by atoms with Gasteiger partial charge in [-0.25, -0.2) is 4.98 Å². The molecule has 0 aliphatic carbocycles. The van der Waals surface area contributed by atoms with Crippen LogP contribution in [0.2, 0.25) is 0 Å². The molecule has 4 heteroatoms. The van der Waals surface area contributed by atoms with Crippen molar-refractivity contribution in [1.29, 1.82) is 0 Å². The van der Waals surface area contributed by atoms with Crippen LogP contribution in [0.25, 0.3) is 6.08 Å². The van der Waals surface area contributed by atoms with Gasteiger partial charge < -0.3 is 0 Å². The summed E-state index contributed by atoms with van der Waals surface area (Å²) in [5.74, 6) is 1.18. The molecule has 1 N–H and O–H groups in total. The van der Waals surface area contributed by atoms with Gasteiger partial charge >= 0.3 is 0 Å². The maximum atomic E-state index is 4.51. The fourth-order valence-corrected chi connectivity index (χ4v) is 2.48. The molecule has 1 aliphatic rings. The van der Waals surface area contributed by atoms with Crippen LogP contribution in [0.5, 0.6) is 0 Å². The van der Waals surface area contributed by atoms with Gasteiger partial charge in [-0.15, -0.1) is 0 Å². The van der Waals surface area contributed by atoms with Crippen molar-refractivity contribution in [3.63, 3.8) is 0 Å². The Labute approximate surface area is 131 Å². The van der Waals surface area contributed by atoms with E-state index in [9.17, 15) is 0 Å². The van der Waals surface area contributed by atoms with Gasteiger partial charge in [-0.2, -0.15) is 5.10 Å². The molecule has 22 heavy (non-hydrogen) atoms. The van der Waals surface area contributed by atoms with Crippen LogP contribution in [0, 0.1) is 0 Å². The number of allylic oxidation sites excluding steroid dienone is 1. The molecule has 2 aromatic rings. The van der Waals surface area contributed by atoms with Crippen LogP contribution in [-0.2, 0) is 0 Å². The lowest BCUT2D eigenvalue weighted by Gasteiger charge is -2.28. The molecule has 112 valence electrons. The highest BCUT2D eigenvalue weighted by Crippen LogP contribution is 2.09. The third-order valence-corrected chi connectivity index (χ3v) is 3.69. The first kappa shape index (κ1) is 14.3. The average molecular weight is 293 g/mol. The van der Waals surface area contributed by atoms with Crippen molar-refractivity contribution < 1.29 is 4.98 Å². The number of H-pyrrole nitrogens is 1. The summed E-state index contributed by atoms with van der Waals surface area (Å²) in [6.07, 6.45) is 7.90. The standard InChI is InChI=1S/C18H20N4/c1-2-7-17(8-3-1)9-6-12-20-22-15-13-21(14-16-22)18-10-4-5-11-19-18/h1-12H,13-16H2/p+1. The summed E-state index contributed by atoms with van der Waals surface area (Å²) in [7, 11) is 0. The van der Waals surface area contributed by atoms with Crippen LogP contribution in [-0.4, -0.2) is 37.4 Å². The highest BCUT2D eigenvalue weighted by molar-refractivity contribution is 5.77. The van der Waals surface area contributed by atoms with Crippen LogP contribution in [0.1, 0.15) is 5.56 Å². The number of piperazine rings is 1. The van der Waals surface area contributed by atoms with E-state index in [1.165, 1.54) is 11.4 Å². The molecule has 0 amide bonds. The summed E-state index contributed by atoms with van der Waals surface area (Å²) >= 11 is 0. The average Bonchev–Trinajstić information content (AvgIpc) is 2.61. The van der Waals surface area contributed by atoms with Gasteiger partial charge in [0.05, 0.1) is 19.3 Å². The minimum absolute atomic E-state index is 0.943. The van der Waals surface area contributed by atoms with Gasteiger partial charge in [0.2, 0.25) is 0 Å².